The van der Waals surface area contributed by atoms with Gasteiger partial charge in [-0.15, -0.1) is 0 Å². The zero-order valence-corrected chi connectivity index (χ0v) is 13.8. The predicted octanol–water partition coefficient (Wildman–Crippen LogP) is 3.20. The number of hydrogen-bond donors (Lipinski definition) is 2. The summed E-state index contributed by atoms with van der Waals surface area (Å²) in [5.41, 5.74) is 2.66. The second kappa shape index (κ2) is 8.21. The quantitative estimate of drug-likeness (QED) is 0.604. The molecule has 1 atom stereocenters. The summed E-state index contributed by atoms with van der Waals surface area (Å²) < 4.78 is 0. The first kappa shape index (κ1) is 17.6. The van der Waals surface area contributed by atoms with Crippen molar-refractivity contribution in [1.82, 2.24) is 10.6 Å². The summed E-state index contributed by atoms with van der Waals surface area (Å²) in [7, 11) is 1.60. The summed E-state index contributed by atoms with van der Waals surface area (Å²) in [6, 6.07) is 14.1. The summed E-state index contributed by atoms with van der Waals surface area (Å²) >= 11 is 0. The Morgan fingerprint density at radius 2 is 1.92 bits per heavy atom. The number of rotatable bonds is 7. The number of carbonyl (C=O) groups excluding carboxylic acids is 1. The highest BCUT2D eigenvalue weighted by molar-refractivity contribution is 5.93. The summed E-state index contributed by atoms with van der Waals surface area (Å²) in [6.45, 7) is 2.65. The molecule has 0 aliphatic heterocycles. The topological polar surface area (TPSA) is 84.3 Å². The number of non-ortho nitro benzene ring substituents is 1. The van der Waals surface area contributed by atoms with E-state index < -0.39 is 0 Å². The van der Waals surface area contributed by atoms with Gasteiger partial charge in [-0.2, -0.15) is 0 Å². The third-order valence-electron chi connectivity index (χ3n) is 3.89. The van der Waals surface area contributed by atoms with Crippen LogP contribution in [0, 0.1) is 10.1 Å². The Morgan fingerprint density at radius 3 is 2.50 bits per heavy atom. The highest BCUT2D eigenvalue weighted by atomic mass is 16.6. The number of nitro groups is 1. The molecule has 0 aromatic heterocycles. The lowest BCUT2D eigenvalue weighted by Gasteiger charge is -2.17. The van der Waals surface area contributed by atoms with Crippen molar-refractivity contribution in [2.24, 2.45) is 0 Å². The average molecular weight is 327 g/mol. The van der Waals surface area contributed by atoms with Crippen molar-refractivity contribution < 1.29 is 9.72 Å². The Morgan fingerprint density at radius 1 is 1.21 bits per heavy atom. The Hall–Kier alpha value is -2.73. The summed E-state index contributed by atoms with van der Waals surface area (Å²) in [6.07, 6.45) is 0.817. The standard InChI is InChI=1S/C18H21N3O3/c1-3-17(15-5-4-6-16(11-15)21(23)24)20-12-13-7-9-14(10-8-13)18(22)19-2/h4-11,17,20H,3,12H2,1-2H3,(H,19,22). The number of amides is 1. The van der Waals surface area contributed by atoms with E-state index in [0.29, 0.717) is 12.1 Å². The molecule has 0 radical (unpaired) electrons. The highest BCUT2D eigenvalue weighted by Gasteiger charge is 2.13. The van der Waals surface area contributed by atoms with Gasteiger partial charge in [-0.3, -0.25) is 14.9 Å². The van der Waals surface area contributed by atoms with Crippen molar-refractivity contribution >= 4 is 11.6 Å². The smallest absolute Gasteiger partial charge is 0.269 e. The van der Waals surface area contributed by atoms with Crippen molar-refractivity contribution in [3.8, 4) is 0 Å². The number of hydrogen-bond acceptors (Lipinski definition) is 4. The van der Waals surface area contributed by atoms with E-state index in [-0.39, 0.29) is 22.6 Å². The van der Waals surface area contributed by atoms with Gasteiger partial charge in [-0.1, -0.05) is 31.2 Å². The van der Waals surface area contributed by atoms with Crippen LogP contribution in [-0.2, 0) is 6.54 Å². The van der Waals surface area contributed by atoms with Gasteiger partial charge in [0.05, 0.1) is 4.92 Å². The fourth-order valence-electron chi connectivity index (χ4n) is 2.51. The number of carbonyl (C=O) groups is 1. The Balaban J connectivity index is 2.04. The molecule has 126 valence electrons. The minimum atomic E-state index is -0.381. The molecule has 1 unspecified atom stereocenters. The van der Waals surface area contributed by atoms with Crippen LogP contribution in [0.2, 0.25) is 0 Å². The fourth-order valence-corrected chi connectivity index (χ4v) is 2.51. The predicted molar refractivity (Wildman–Crippen MR) is 92.8 cm³/mol. The van der Waals surface area contributed by atoms with Crippen molar-refractivity contribution in [3.05, 3.63) is 75.3 Å². The molecule has 0 aliphatic rings. The Bertz CT molecular complexity index is 714. The zero-order chi connectivity index (χ0) is 17.5. The number of nitrogens with zero attached hydrogens (tertiary/aromatic N) is 1. The maximum Gasteiger partial charge on any atom is 0.269 e. The number of nitro benzene ring substituents is 1. The van der Waals surface area contributed by atoms with Crippen LogP contribution in [0.3, 0.4) is 0 Å². The molecule has 0 aliphatic carbocycles. The van der Waals surface area contributed by atoms with Gasteiger partial charge in [0, 0.05) is 37.3 Å². The van der Waals surface area contributed by atoms with Crippen LogP contribution >= 0.6 is 0 Å². The SMILES string of the molecule is CCC(NCc1ccc(C(=O)NC)cc1)c1cccc([N+](=O)[O-])c1. The van der Waals surface area contributed by atoms with E-state index in [1.54, 1.807) is 31.3 Å². The number of benzene rings is 2. The third kappa shape index (κ3) is 4.39. The molecule has 2 aromatic carbocycles. The first-order valence-corrected chi connectivity index (χ1v) is 7.84. The van der Waals surface area contributed by atoms with Gasteiger partial charge in [0.25, 0.3) is 11.6 Å². The molecule has 0 saturated heterocycles. The molecule has 24 heavy (non-hydrogen) atoms. The molecule has 0 heterocycles. The molecule has 1 amide bonds. The molecule has 0 saturated carbocycles. The average Bonchev–Trinajstić information content (AvgIpc) is 2.62. The molecular formula is C18H21N3O3. The lowest BCUT2D eigenvalue weighted by Crippen LogP contribution is -2.21. The molecule has 0 fully saturated rings. The molecule has 2 rings (SSSR count). The van der Waals surface area contributed by atoms with E-state index in [9.17, 15) is 14.9 Å². The largest absolute Gasteiger partial charge is 0.355 e. The molecule has 6 nitrogen and oxygen atoms in total. The van der Waals surface area contributed by atoms with Crippen LogP contribution in [0.5, 0.6) is 0 Å². The summed E-state index contributed by atoms with van der Waals surface area (Å²) in [4.78, 5) is 22.1. The summed E-state index contributed by atoms with van der Waals surface area (Å²) in [5, 5.41) is 16.9. The van der Waals surface area contributed by atoms with E-state index >= 15 is 0 Å². The van der Waals surface area contributed by atoms with Crippen molar-refractivity contribution in [2.75, 3.05) is 7.05 Å². The normalized spacial score (nSPS) is 11.8. The lowest BCUT2D eigenvalue weighted by atomic mass is 10.0. The van der Waals surface area contributed by atoms with Gasteiger partial charge in [-0.25, -0.2) is 0 Å². The molecule has 0 spiro atoms. The Labute approximate surface area is 141 Å². The molecule has 2 aromatic rings. The second-order valence-electron chi connectivity index (χ2n) is 5.47. The molecular weight excluding hydrogens is 306 g/mol. The lowest BCUT2D eigenvalue weighted by molar-refractivity contribution is -0.384. The van der Waals surface area contributed by atoms with Gasteiger partial charge in [0.2, 0.25) is 0 Å². The van der Waals surface area contributed by atoms with Gasteiger partial charge in [-0.05, 0) is 29.7 Å². The van der Waals surface area contributed by atoms with Crippen LogP contribution < -0.4 is 10.6 Å². The van der Waals surface area contributed by atoms with Crippen molar-refractivity contribution in [2.45, 2.75) is 25.9 Å². The van der Waals surface area contributed by atoms with E-state index in [2.05, 4.69) is 10.6 Å². The first-order valence-electron chi connectivity index (χ1n) is 7.84. The minimum absolute atomic E-state index is 0.0310. The molecule has 6 heteroatoms. The monoisotopic (exact) mass is 327 g/mol. The van der Waals surface area contributed by atoms with Crippen LogP contribution in [0.1, 0.15) is 40.9 Å². The third-order valence-corrected chi connectivity index (χ3v) is 3.89. The van der Waals surface area contributed by atoms with Gasteiger partial charge in [0.1, 0.15) is 0 Å². The maximum atomic E-state index is 11.5. The van der Waals surface area contributed by atoms with Crippen LogP contribution in [0.25, 0.3) is 0 Å². The fraction of sp³-hybridized carbons (Fsp3) is 0.278. The van der Waals surface area contributed by atoms with Crippen molar-refractivity contribution in [1.29, 1.82) is 0 Å². The number of nitrogens with one attached hydrogen (secondary N) is 2. The molecule has 2 N–H and O–H groups in total. The van der Waals surface area contributed by atoms with E-state index in [0.717, 1.165) is 17.5 Å². The van der Waals surface area contributed by atoms with Gasteiger partial charge >= 0.3 is 0 Å². The zero-order valence-electron chi connectivity index (χ0n) is 13.8. The van der Waals surface area contributed by atoms with Crippen LogP contribution in [0.15, 0.2) is 48.5 Å². The van der Waals surface area contributed by atoms with Crippen LogP contribution in [0.4, 0.5) is 5.69 Å². The first-order chi connectivity index (χ1) is 11.5. The minimum Gasteiger partial charge on any atom is -0.355 e. The molecule has 0 bridgehead atoms. The van der Waals surface area contributed by atoms with Gasteiger partial charge < -0.3 is 10.6 Å². The van der Waals surface area contributed by atoms with Crippen LogP contribution in [-0.4, -0.2) is 17.9 Å². The summed E-state index contributed by atoms with van der Waals surface area (Å²) in [5.74, 6) is -0.113. The maximum absolute atomic E-state index is 11.5. The van der Waals surface area contributed by atoms with E-state index in [4.69, 9.17) is 0 Å². The van der Waals surface area contributed by atoms with E-state index in [1.165, 1.54) is 6.07 Å². The Kier molecular flexibility index (Phi) is 6.03. The van der Waals surface area contributed by atoms with Crippen molar-refractivity contribution in [3.63, 3.8) is 0 Å². The highest BCUT2D eigenvalue weighted by Crippen LogP contribution is 2.22. The second-order valence-corrected chi connectivity index (χ2v) is 5.47. The van der Waals surface area contributed by atoms with Gasteiger partial charge in [0.15, 0.2) is 0 Å². The van der Waals surface area contributed by atoms with E-state index in [1.807, 2.05) is 25.1 Å².